The van der Waals surface area contributed by atoms with Gasteiger partial charge in [-0.3, -0.25) is 4.57 Å². The van der Waals surface area contributed by atoms with Crippen LogP contribution in [0.3, 0.4) is 0 Å². The summed E-state index contributed by atoms with van der Waals surface area (Å²) in [5.74, 6) is 0.797. The summed E-state index contributed by atoms with van der Waals surface area (Å²) in [7, 11) is 0. The molecule has 0 bridgehead atoms. The number of benzene rings is 2. The summed E-state index contributed by atoms with van der Waals surface area (Å²) >= 11 is 6.07. The van der Waals surface area contributed by atoms with Crippen LogP contribution in [0.15, 0.2) is 54.9 Å². The molecule has 1 heterocycles. The van der Waals surface area contributed by atoms with Crippen LogP contribution in [0.25, 0.3) is 17.1 Å². The molecule has 0 atom stereocenters. The lowest BCUT2D eigenvalue weighted by molar-refractivity contribution is 1.06. The molecule has 3 rings (SSSR count). The maximum absolute atomic E-state index is 6.07. The van der Waals surface area contributed by atoms with Crippen LogP contribution in [0.4, 0.5) is 0 Å². The maximum atomic E-state index is 6.07. The van der Waals surface area contributed by atoms with Crippen LogP contribution in [0.2, 0.25) is 5.02 Å². The first-order valence-corrected chi connectivity index (χ1v) is 6.35. The molecular weight excluding hydrogens is 258 g/mol. The Labute approximate surface area is 116 Å². The van der Waals surface area contributed by atoms with Gasteiger partial charge in [-0.25, -0.2) is 0 Å². The molecule has 3 nitrogen and oxygen atoms in total. The number of hydrogen-bond acceptors (Lipinski definition) is 2. The van der Waals surface area contributed by atoms with Crippen molar-refractivity contribution in [2.24, 2.45) is 0 Å². The molecule has 0 saturated heterocycles. The first-order chi connectivity index (χ1) is 9.25. The van der Waals surface area contributed by atoms with Gasteiger partial charge in [0, 0.05) is 16.3 Å². The summed E-state index contributed by atoms with van der Waals surface area (Å²) in [4.78, 5) is 0. The Morgan fingerprint density at radius 2 is 1.84 bits per heavy atom. The Morgan fingerprint density at radius 1 is 1.05 bits per heavy atom. The van der Waals surface area contributed by atoms with Crippen LogP contribution in [-0.2, 0) is 0 Å². The fourth-order valence-corrected chi connectivity index (χ4v) is 2.20. The first-order valence-electron chi connectivity index (χ1n) is 5.97. The molecule has 0 aliphatic rings. The van der Waals surface area contributed by atoms with Crippen LogP contribution in [0.1, 0.15) is 5.56 Å². The highest BCUT2D eigenvalue weighted by molar-refractivity contribution is 6.30. The second kappa shape index (κ2) is 4.86. The predicted octanol–water partition coefficient (Wildman–Crippen LogP) is 3.90. The zero-order valence-electron chi connectivity index (χ0n) is 10.4. The molecule has 0 N–H and O–H groups in total. The number of halogens is 1. The lowest BCUT2D eigenvalue weighted by atomic mass is 10.1. The number of aromatic nitrogens is 3. The molecule has 2 aromatic carbocycles. The molecule has 0 aliphatic carbocycles. The van der Waals surface area contributed by atoms with Crippen LogP contribution in [-0.4, -0.2) is 14.8 Å². The van der Waals surface area contributed by atoms with Crippen LogP contribution in [0.5, 0.6) is 0 Å². The van der Waals surface area contributed by atoms with Crippen molar-refractivity contribution >= 4 is 11.6 Å². The summed E-state index contributed by atoms with van der Waals surface area (Å²) in [5.41, 5.74) is 3.14. The Kier molecular flexibility index (Phi) is 3.05. The third-order valence-corrected chi connectivity index (χ3v) is 3.26. The van der Waals surface area contributed by atoms with Crippen LogP contribution >= 0.6 is 11.6 Å². The molecule has 3 aromatic rings. The fraction of sp³-hybridized carbons (Fsp3) is 0.0667. The van der Waals surface area contributed by atoms with Gasteiger partial charge in [-0.2, -0.15) is 0 Å². The van der Waals surface area contributed by atoms with Crippen molar-refractivity contribution < 1.29 is 0 Å². The molecule has 0 saturated carbocycles. The number of nitrogens with zero attached hydrogens (tertiary/aromatic N) is 3. The maximum Gasteiger partial charge on any atom is 0.168 e. The number of rotatable bonds is 2. The molecule has 4 heteroatoms. The van der Waals surface area contributed by atoms with Crippen LogP contribution in [0, 0.1) is 6.92 Å². The van der Waals surface area contributed by atoms with Crippen LogP contribution < -0.4 is 0 Å². The highest BCUT2D eigenvalue weighted by atomic mass is 35.5. The van der Waals surface area contributed by atoms with Gasteiger partial charge in [0.25, 0.3) is 0 Å². The molecule has 0 unspecified atom stereocenters. The van der Waals surface area contributed by atoms with E-state index in [1.54, 1.807) is 6.33 Å². The average Bonchev–Trinajstić information content (AvgIpc) is 2.91. The van der Waals surface area contributed by atoms with Gasteiger partial charge in [-0.15, -0.1) is 10.2 Å². The third kappa shape index (κ3) is 2.25. The second-order valence-corrected chi connectivity index (χ2v) is 4.76. The lowest BCUT2D eigenvalue weighted by Gasteiger charge is -2.09. The zero-order chi connectivity index (χ0) is 13.2. The van der Waals surface area contributed by atoms with Crippen molar-refractivity contribution in [3.8, 4) is 17.1 Å². The molecule has 0 fully saturated rings. The summed E-state index contributed by atoms with van der Waals surface area (Å²) in [6.45, 7) is 2.04. The molecule has 0 radical (unpaired) electrons. The summed E-state index contributed by atoms with van der Waals surface area (Å²) < 4.78 is 1.96. The molecule has 1 aromatic heterocycles. The zero-order valence-corrected chi connectivity index (χ0v) is 11.2. The van der Waals surface area contributed by atoms with Gasteiger partial charge in [-0.05, 0) is 36.8 Å². The van der Waals surface area contributed by atoms with E-state index in [-0.39, 0.29) is 0 Å². The Balaban J connectivity index is 2.18. The average molecular weight is 270 g/mol. The SMILES string of the molecule is Cc1ccc(Cl)cc1-c1nncn1-c1ccccc1. The van der Waals surface area contributed by atoms with E-state index in [0.29, 0.717) is 5.02 Å². The minimum Gasteiger partial charge on any atom is -0.282 e. The first kappa shape index (κ1) is 11.9. The van der Waals surface area contributed by atoms with Crippen molar-refractivity contribution in [2.45, 2.75) is 6.92 Å². The van der Waals surface area contributed by atoms with Gasteiger partial charge in [-0.1, -0.05) is 35.9 Å². The highest BCUT2D eigenvalue weighted by Gasteiger charge is 2.11. The standard InChI is InChI=1S/C15H12ClN3/c1-11-7-8-12(16)9-14(11)15-18-17-10-19(15)13-5-3-2-4-6-13/h2-10H,1H3. The minimum atomic E-state index is 0.697. The predicted molar refractivity (Wildman–Crippen MR) is 76.5 cm³/mol. The smallest absolute Gasteiger partial charge is 0.168 e. The second-order valence-electron chi connectivity index (χ2n) is 4.32. The van der Waals surface area contributed by atoms with Crippen molar-refractivity contribution in [1.82, 2.24) is 14.8 Å². The highest BCUT2D eigenvalue weighted by Crippen LogP contribution is 2.26. The number of hydrogen-bond donors (Lipinski definition) is 0. The van der Waals surface area contributed by atoms with Gasteiger partial charge < -0.3 is 0 Å². The Hall–Kier alpha value is -2.13. The molecule has 0 aliphatic heterocycles. The van der Waals surface area contributed by atoms with E-state index in [2.05, 4.69) is 10.2 Å². The third-order valence-electron chi connectivity index (χ3n) is 3.02. The van der Waals surface area contributed by atoms with E-state index in [1.807, 2.05) is 60.0 Å². The van der Waals surface area contributed by atoms with E-state index in [1.165, 1.54) is 0 Å². The topological polar surface area (TPSA) is 30.7 Å². The Morgan fingerprint density at radius 3 is 2.63 bits per heavy atom. The molecule has 94 valence electrons. The number of para-hydroxylation sites is 1. The van der Waals surface area contributed by atoms with Gasteiger partial charge in [0.05, 0.1) is 0 Å². The monoisotopic (exact) mass is 269 g/mol. The summed E-state index contributed by atoms with van der Waals surface area (Å²) in [6, 6.07) is 15.8. The van der Waals surface area contributed by atoms with Gasteiger partial charge in [0.1, 0.15) is 6.33 Å². The molecule has 19 heavy (non-hydrogen) atoms. The quantitative estimate of drug-likeness (QED) is 0.706. The number of aryl methyl sites for hydroxylation is 1. The van der Waals surface area contributed by atoms with E-state index in [9.17, 15) is 0 Å². The van der Waals surface area contributed by atoms with Crippen molar-refractivity contribution in [2.75, 3.05) is 0 Å². The lowest BCUT2D eigenvalue weighted by Crippen LogP contribution is -1.97. The van der Waals surface area contributed by atoms with E-state index in [0.717, 1.165) is 22.6 Å². The molecule has 0 spiro atoms. The van der Waals surface area contributed by atoms with Crippen molar-refractivity contribution in [3.63, 3.8) is 0 Å². The van der Waals surface area contributed by atoms with E-state index < -0.39 is 0 Å². The van der Waals surface area contributed by atoms with Crippen molar-refractivity contribution in [3.05, 3.63) is 65.4 Å². The summed E-state index contributed by atoms with van der Waals surface area (Å²) in [6.07, 6.45) is 1.71. The summed E-state index contributed by atoms with van der Waals surface area (Å²) in [5, 5.41) is 8.93. The fourth-order valence-electron chi connectivity index (χ4n) is 2.03. The largest absolute Gasteiger partial charge is 0.282 e. The van der Waals surface area contributed by atoms with Gasteiger partial charge >= 0.3 is 0 Å². The van der Waals surface area contributed by atoms with Crippen molar-refractivity contribution in [1.29, 1.82) is 0 Å². The molecule has 0 amide bonds. The Bertz CT molecular complexity index is 704. The van der Waals surface area contributed by atoms with Gasteiger partial charge in [0.2, 0.25) is 0 Å². The van der Waals surface area contributed by atoms with E-state index in [4.69, 9.17) is 11.6 Å². The minimum absolute atomic E-state index is 0.697. The van der Waals surface area contributed by atoms with E-state index >= 15 is 0 Å². The molecular formula is C15H12ClN3. The normalized spacial score (nSPS) is 10.6. The van der Waals surface area contributed by atoms with Gasteiger partial charge in [0.15, 0.2) is 5.82 Å².